The smallest absolute Gasteiger partial charge is 0.147 e. The molecule has 0 amide bonds. The number of anilines is 1. The van der Waals surface area contributed by atoms with Gasteiger partial charge < -0.3 is 5.32 Å². The number of hydrogen-bond acceptors (Lipinski definition) is 3. The largest absolute Gasteiger partial charge is 0.365 e. The van der Waals surface area contributed by atoms with Gasteiger partial charge in [-0.3, -0.25) is 0 Å². The topological polar surface area (TPSA) is 24.9 Å². The first-order chi connectivity index (χ1) is 8.83. The zero-order chi connectivity index (χ0) is 12.4. The Bertz CT molecular complexity index is 656. The molecule has 0 radical (unpaired) electrons. The van der Waals surface area contributed by atoms with E-state index in [2.05, 4.69) is 53.0 Å². The summed E-state index contributed by atoms with van der Waals surface area (Å²) in [6, 6.07) is 16.9. The third-order valence-corrected chi connectivity index (χ3v) is 3.78. The van der Waals surface area contributed by atoms with Gasteiger partial charge in [-0.2, -0.15) is 4.37 Å². The molecular weight excluding hydrogens is 240 g/mol. The molecule has 1 aromatic heterocycles. The van der Waals surface area contributed by atoms with Gasteiger partial charge in [0.2, 0.25) is 0 Å². The average molecular weight is 254 g/mol. The van der Waals surface area contributed by atoms with Crippen LogP contribution in [0.5, 0.6) is 0 Å². The maximum atomic E-state index is 4.46. The Morgan fingerprint density at radius 3 is 2.67 bits per heavy atom. The maximum Gasteiger partial charge on any atom is 0.147 e. The average Bonchev–Trinajstić information content (AvgIpc) is 2.82. The molecule has 0 aliphatic carbocycles. The van der Waals surface area contributed by atoms with Gasteiger partial charge in [0.05, 0.1) is 4.70 Å². The van der Waals surface area contributed by atoms with E-state index in [1.54, 1.807) is 0 Å². The molecule has 0 atom stereocenters. The number of benzene rings is 2. The second-order valence-electron chi connectivity index (χ2n) is 4.37. The third kappa shape index (κ3) is 2.22. The van der Waals surface area contributed by atoms with Gasteiger partial charge in [-0.15, -0.1) is 0 Å². The molecule has 1 heterocycles. The van der Waals surface area contributed by atoms with E-state index in [9.17, 15) is 0 Å². The maximum absolute atomic E-state index is 4.46. The van der Waals surface area contributed by atoms with Gasteiger partial charge >= 0.3 is 0 Å². The molecule has 3 aromatic rings. The van der Waals surface area contributed by atoms with Gasteiger partial charge in [-0.1, -0.05) is 42.0 Å². The molecule has 2 nitrogen and oxygen atoms in total. The highest BCUT2D eigenvalue weighted by Gasteiger charge is 2.04. The molecule has 0 aliphatic heterocycles. The van der Waals surface area contributed by atoms with Crippen LogP contribution in [-0.4, -0.2) is 4.37 Å². The van der Waals surface area contributed by atoms with Crippen LogP contribution in [0.25, 0.3) is 10.1 Å². The molecule has 0 saturated carbocycles. The van der Waals surface area contributed by atoms with Crippen LogP contribution in [0.2, 0.25) is 0 Å². The highest BCUT2D eigenvalue weighted by atomic mass is 32.1. The molecule has 0 aliphatic rings. The van der Waals surface area contributed by atoms with Gasteiger partial charge in [-0.25, -0.2) is 0 Å². The molecule has 0 unspecified atom stereocenters. The van der Waals surface area contributed by atoms with Crippen LogP contribution in [-0.2, 0) is 6.54 Å². The standard InChI is InChI=1S/C15H14N2S/c1-11-6-8-12(9-7-11)10-16-15-13-4-2-3-5-14(13)18-17-15/h2-9H,10H2,1H3,(H,16,17). The van der Waals surface area contributed by atoms with Crippen molar-refractivity contribution in [1.82, 2.24) is 4.37 Å². The second-order valence-corrected chi connectivity index (χ2v) is 5.17. The first-order valence-corrected chi connectivity index (χ1v) is 6.74. The minimum absolute atomic E-state index is 0.813. The lowest BCUT2D eigenvalue weighted by atomic mass is 10.1. The van der Waals surface area contributed by atoms with Crippen LogP contribution in [0.3, 0.4) is 0 Å². The molecule has 0 saturated heterocycles. The lowest BCUT2D eigenvalue weighted by Gasteiger charge is -2.04. The SMILES string of the molecule is Cc1ccc(CNc2nsc3ccccc23)cc1. The molecule has 18 heavy (non-hydrogen) atoms. The fourth-order valence-corrected chi connectivity index (χ4v) is 2.66. The number of fused-ring (bicyclic) bond motifs is 1. The third-order valence-electron chi connectivity index (χ3n) is 2.96. The molecule has 0 bridgehead atoms. The van der Waals surface area contributed by atoms with Gasteiger partial charge in [0.15, 0.2) is 0 Å². The molecule has 1 N–H and O–H groups in total. The first-order valence-electron chi connectivity index (χ1n) is 5.97. The Hall–Kier alpha value is -1.87. The van der Waals surface area contributed by atoms with Gasteiger partial charge in [0.25, 0.3) is 0 Å². The van der Waals surface area contributed by atoms with E-state index >= 15 is 0 Å². The van der Waals surface area contributed by atoms with Crippen LogP contribution < -0.4 is 5.32 Å². The predicted molar refractivity (Wildman–Crippen MR) is 78.1 cm³/mol. The van der Waals surface area contributed by atoms with Gasteiger partial charge in [-0.05, 0) is 36.2 Å². The summed E-state index contributed by atoms with van der Waals surface area (Å²) in [5, 5.41) is 4.61. The minimum Gasteiger partial charge on any atom is -0.365 e. The van der Waals surface area contributed by atoms with Crippen molar-refractivity contribution < 1.29 is 0 Å². The van der Waals surface area contributed by atoms with Crippen molar-refractivity contribution in [2.45, 2.75) is 13.5 Å². The summed E-state index contributed by atoms with van der Waals surface area (Å²) >= 11 is 1.54. The van der Waals surface area contributed by atoms with Crippen molar-refractivity contribution in [3.8, 4) is 0 Å². The highest BCUT2D eigenvalue weighted by molar-refractivity contribution is 7.13. The summed E-state index contributed by atoms with van der Waals surface area (Å²) in [6.45, 7) is 2.92. The number of hydrogen-bond donors (Lipinski definition) is 1. The van der Waals surface area contributed by atoms with Crippen molar-refractivity contribution in [2.24, 2.45) is 0 Å². The normalized spacial score (nSPS) is 10.7. The lowest BCUT2D eigenvalue weighted by Crippen LogP contribution is -1.99. The molecule has 0 spiro atoms. The summed E-state index contributed by atoms with van der Waals surface area (Å²) in [5.41, 5.74) is 2.57. The van der Waals surface area contributed by atoms with Crippen LogP contribution in [0.15, 0.2) is 48.5 Å². The fourth-order valence-electron chi connectivity index (χ4n) is 1.91. The Labute approximate surface area is 110 Å². The van der Waals surface area contributed by atoms with E-state index in [1.807, 2.05) is 12.1 Å². The highest BCUT2D eigenvalue weighted by Crippen LogP contribution is 2.26. The Kier molecular flexibility index (Phi) is 2.99. The number of aromatic nitrogens is 1. The summed E-state index contributed by atoms with van der Waals surface area (Å²) < 4.78 is 5.68. The van der Waals surface area contributed by atoms with Crippen LogP contribution >= 0.6 is 11.5 Å². The van der Waals surface area contributed by atoms with Gasteiger partial charge in [0.1, 0.15) is 5.82 Å². The van der Waals surface area contributed by atoms with E-state index in [-0.39, 0.29) is 0 Å². The molecule has 0 fully saturated rings. The summed E-state index contributed by atoms with van der Waals surface area (Å²) in [4.78, 5) is 0. The number of aryl methyl sites for hydroxylation is 1. The van der Waals surface area contributed by atoms with Crippen molar-refractivity contribution in [3.05, 3.63) is 59.7 Å². The quantitative estimate of drug-likeness (QED) is 0.757. The Balaban J connectivity index is 1.79. The van der Waals surface area contributed by atoms with Crippen LogP contribution in [0.1, 0.15) is 11.1 Å². The summed E-state index contributed by atoms with van der Waals surface area (Å²) in [6.07, 6.45) is 0. The zero-order valence-electron chi connectivity index (χ0n) is 10.2. The zero-order valence-corrected chi connectivity index (χ0v) is 11.0. The number of nitrogens with zero attached hydrogens (tertiary/aromatic N) is 1. The monoisotopic (exact) mass is 254 g/mol. The number of rotatable bonds is 3. The summed E-state index contributed by atoms with van der Waals surface area (Å²) in [5.74, 6) is 0.983. The van der Waals surface area contributed by atoms with Crippen molar-refractivity contribution in [2.75, 3.05) is 5.32 Å². The van der Waals surface area contributed by atoms with Crippen molar-refractivity contribution in [1.29, 1.82) is 0 Å². The molecule has 90 valence electrons. The van der Waals surface area contributed by atoms with Crippen LogP contribution in [0.4, 0.5) is 5.82 Å². The fraction of sp³-hybridized carbons (Fsp3) is 0.133. The van der Waals surface area contributed by atoms with E-state index in [1.165, 1.54) is 32.7 Å². The first kappa shape index (κ1) is 11.2. The Morgan fingerprint density at radius 2 is 1.83 bits per heavy atom. The predicted octanol–water partition coefficient (Wildman–Crippen LogP) is 4.22. The van der Waals surface area contributed by atoms with E-state index in [0.717, 1.165) is 12.4 Å². The second kappa shape index (κ2) is 4.78. The lowest BCUT2D eigenvalue weighted by molar-refractivity contribution is 1.13. The Morgan fingerprint density at radius 1 is 1.06 bits per heavy atom. The van der Waals surface area contributed by atoms with Crippen LogP contribution in [0, 0.1) is 6.92 Å². The van der Waals surface area contributed by atoms with Crippen molar-refractivity contribution >= 4 is 27.4 Å². The molecule has 3 heteroatoms. The van der Waals surface area contributed by atoms with Crippen molar-refractivity contribution in [3.63, 3.8) is 0 Å². The molecule has 2 aromatic carbocycles. The van der Waals surface area contributed by atoms with Gasteiger partial charge in [0, 0.05) is 11.9 Å². The minimum atomic E-state index is 0.813. The molecular formula is C15H14N2S. The van der Waals surface area contributed by atoms with E-state index in [0.29, 0.717) is 0 Å². The van der Waals surface area contributed by atoms with E-state index < -0.39 is 0 Å². The number of nitrogens with one attached hydrogen (secondary N) is 1. The molecule has 3 rings (SSSR count). The summed E-state index contributed by atoms with van der Waals surface area (Å²) in [7, 11) is 0. The van der Waals surface area contributed by atoms with E-state index in [4.69, 9.17) is 0 Å².